The molecule has 0 saturated heterocycles. The van der Waals surface area contributed by atoms with E-state index in [1.54, 1.807) is 42.5 Å². The van der Waals surface area contributed by atoms with Gasteiger partial charge in [-0.3, -0.25) is 13.9 Å². The van der Waals surface area contributed by atoms with Gasteiger partial charge in [0.2, 0.25) is 5.91 Å². The van der Waals surface area contributed by atoms with Crippen LogP contribution in [-0.4, -0.2) is 33.2 Å². The van der Waals surface area contributed by atoms with Gasteiger partial charge in [0.05, 0.1) is 10.6 Å². The first-order chi connectivity index (χ1) is 14.9. The van der Waals surface area contributed by atoms with E-state index >= 15 is 0 Å². The van der Waals surface area contributed by atoms with E-state index in [9.17, 15) is 18.0 Å². The molecule has 1 fully saturated rings. The van der Waals surface area contributed by atoms with Gasteiger partial charge in [0, 0.05) is 23.9 Å². The number of anilines is 1. The summed E-state index contributed by atoms with van der Waals surface area (Å²) < 4.78 is 27.5. The molecule has 1 aliphatic carbocycles. The topological polar surface area (TPSA) is 83.6 Å². The normalized spacial score (nSPS) is 16.7. The van der Waals surface area contributed by atoms with Gasteiger partial charge in [0.1, 0.15) is 12.3 Å². The Morgan fingerprint density at radius 1 is 1.06 bits per heavy atom. The van der Waals surface area contributed by atoms with Crippen molar-refractivity contribution in [2.45, 2.75) is 43.4 Å². The summed E-state index contributed by atoms with van der Waals surface area (Å²) in [6, 6.07) is 14.3. The molecule has 1 atom stereocenters. The quantitative estimate of drug-likeness (QED) is 0.566. The zero-order valence-corrected chi connectivity index (χ0v) is 18.9. The van der Waals surface area contributed by atoms with Crippen LogP contribution in [0, 0.1) is 5.92 Å². The summed E-state index contributed by atoms with van der Waals surface area (Å²) in [6.45, 7) is 0.0592. The van der Waals surface area contributed by atoms with Gasteiger partial charge in [-0.25, -0.2) is 8.42 Å². The molecule has 2 aromatic rings. The van der Waals surface area contributed by atoms with Gasteiger partial charge >= 0.3 is 0 Å². The molecule has 0 spiro atoms. The lowest BCUT2D eigenvalue weighted by Gasteiger charge is -2.24. The summed E-state index contributed by atoms with van der Waals surface area (Å²) in [5.41, 5.74) is 0.358. The van der Waals surface area contributed by atoms with E-state index in [1.807, 2.05) is 0 Å². The number of nitrogens with zero attached hydrogens (tertiary/aromatic N) is 1. The SMILES string of the molecule is O=C(CN(c1ccc(Cl)cc1)S(=O)(=O)c1ccccc1)NCCC[C@H]1CCCCC1=O. The molecular weight excluding hydrogens is 436 g/mol. The van der Waals surface area contributed by atoms with E-state index in [4.69, 9.17) is 11.6 Å². The number of carbonyl (C=O) groups excluding carboxylic acids is 2. The van der Waals surface area contributed by atoms with Crippen LogP contribution >= 0.6 is 11.6 Å². The second-order valence-corrected chi connectivity index (χ2v) is 10.0. The van der Waals surface area contributed by atoms with E-state index in [1.165, 1.54) is 12.1 Å². The number of Topliss-reactive ketones (excluding diaryl/α,β-unsaturated/α-hetero) is 1. The lowest BCUT2D eigenvalue weighted by Crippen LogP contribution is -2.41. The molecule has 1 amide bonds. The third-order valence-electron chi connectivity index (χ3n) is 5.47. The molecule has 31 heavy (non-hydrogen) atoms. The number of nitrogens with one attached hydrogen (secondary N) is 1. The third kappa shape index (κ3) is 6.31. The minimum atomic E-state index is -3.93. The second kappa shape index (κ2) is 10.8. The van der Waals surface area contributed by atoms with Crippen molar-refractivity contribution in [3.05, 3.63) is 59.6 Å². The fraction of sp³-hybridized carbons (Fsp3) is 0.391. The Balaban J connectivity index is 1.65. The molecule has 0 aliphatic heterocycles. The minimum absolute atomic E-state index is 0.0923. The van der Waals surface area contributed by atoms with Crippen LogP contribution in [0.25, 0.3) is 0 Å². The van der Waals surface area contributed by atoms with Crippen LogP contribution < -0.4 is 9.62 Å². The predicted molar refractivity (Wildman–Crippen MR) is 122 cm³/mol. The first kappa shape index (κ1) is 23.3. The molecule has 166 valence electrons. The van der Waals surface area contributed by atoms with Crippen LogP contribution in [-0.2, 0) is 19.6 Å². The number of amides is 1. The minimum Gasteiger partial charge on any atom is -0.355 e. The molecule has 2 aromatic carbocycles. The Morgan fingerprint density at radius 2 is 1.77 bits per heavy atom. The Hall–Kier alpha value is -2.38. The molecule has 8 heteroatoms. The zero-order chi connectivity index (χ0) is 22.3. The van der Waals surface area contributed by atoms with Gasteiger partial charge in [-0.1, -0.05) is 36.2 Å². The highest BCUT2D eigenvalue weighted by molar-refractivity contribution is 7.92. The van der Waals surface area contributed by atoms with Gasteiger partial charge in [-0.05, 0) is 62.1 Å². The van der Waals surface area contributed by atoms with E-state index in [0.29, 0.717) is 35.9 Å². The molecule has 1 N–H and O–H groups in total. The smallest absolute Gasteiger partial charge is 0.264 e. The van der Waals surface area contributed by atoms with Gasteiger partial charge in [0.25, 0.3) is 10.0 Å². The Labute approximate surface area is 188 Å². The maximum Gasteiger partial charge on any atom is 0.264 e. The Bertz CT molecular complexity index is 994. The number of hydrogen-bond donors (Lipinski definition) is 1. The zero-order valence-electron chi connectivity index (χ0n) is 17.3. The maximum absolute atomic E-state index is 13.2. The number of rotatable bonds is 9. The molecule has 0 unspecified atom stereocenters. The van der Waals surface area contributed by atoms with E-state index in [2.05, 4.69) is 5.32 Å². The molecule has 6 nitrogen and oxygen atoms in total. The van der Waals surface area contributed by atoms with Crippen LogP contribution in [0.15, 0.2) is 59.5 Å². The average Bonchev–Trinajstić information content (AvgIpc) is 2.77. The fourth-order valence-corrected chi connectivity index (χ4v) is 5.33. The van der Waals surface area contributed by atoms with Gasteiger partial charge < -0.3 is 5.32 Å². The van der Waals surface area contributed by atoms with Gasteiger partial charge in [-0.15, -0.1) is 0 Å². The van der Waals surface area contributed by atoms with Crippen molar-refractivity contribution in [3.63, 3.8) is 0 Å². The van der Waals surface area contributed by atoms with Crippen molar-refractivity contribution >= 4 is 39.0 Å². The van der Waals surface area contributed by atoms with Crippen molar-refractivity contribution in [2.75, 3.05) is 17.4 Å². The highest BCUT2D eigenvalue weighted by Crippen LogP contribution is 2.26. The molecule has 0 bridgehead atoms. The molecule has 1 saturated carbocycles. The number of halogens is 1. The monoisotopic (exact) mass is 462 g/mol. The number of ketones is 1. The van der Waals surface area contributed by atoms with Gasteiger partial charge in [-0.2, -0.15) is 0 Å². The summed E-state index contributed by atoms with van der Waals surface area (Å²) >= 11 is 5.94. The lowest BCUT2D eigenvalue weighted by atomic mass is 9.85. The Morgan fingerprint density at radius 3 is 2.45 bits per heavy atom. The molecule has 3 rings (SSSR count). The lowest BCUT2D eigenvalue weighted by molar-refractivity contribution is -0.124. The van der Waals surface area contributed by atoms with E-state index in [0.717, 1.165) is 30.0 Å². The first-order valence-electron chi connectivity index (χ1n) is 10.5. The maximum atomic E-state index is 13.2. The number of hydrogen-bond acceptors (Lipinski definition) is 4. The summed E-state index contributed by atoms with van der Waals surface area (Å²) in [7, 11) is -3.93. The van der Waals surface area contributed by atoms with Crippen LogP contribution in [0.3, 0.4) is 0 Å². The Kier molecular flexibility index (Phi) is 8.09. The number of sulfonamides is 1. The average molecular weight is 463 g/mol. The van der Waals surface area contributed by atoms with Crippen LogP contribution in [0.2, 0.25) is 5.02 Å². The molecule has 1 aliphatic rings. The van der Waals surface area contributed by atoms with Gasteiger partial charge in [0.15, 0.2) is 0 Å². The number of benzene rings is 2. The predicted octanol–water partition coefficient (Wildman–Crippen LogP) is 4.19. The molecule has 0 aromatic heterocycles. The highest BCUT2D eigenvalue weighted by Gasteiger charge is 2.27. The second-order valence-electron chi connectivity index (χ2n) is 7.70. The van der Waals surface area contributed by atoms with Crippen molar-refractivity contribution in [1.82, 2.24) is 5.32 Å². The standard InChI is InChI=1S/C23H27ClN2O4S/c24-19-12-14-20(15-13-19)26(31(29,30)21-9-2-1-3-10-21)17-23(28)25-16-6-8-18-7-4-5-11-22(18)27/h1-3,9-10,12-15,18H,4-8,11,16-17H2,(H,25,28)/t18-/m1/s1. The third-order valence-corrected chi connectivity index (χ3v) is 7.51. The highest BCUT2D eigenvalue weighted by atomic mass is 35.5. The van der Waals surface area contributed by atoms with Crippen LogP contribution in [0.5, 0.6) is 0 Å². The fourth-order valence-electron chi connectivity index (χ4n) is 3.77. The van der Waals surface area contributed by atoms with E-state index < -0.39 is 15.9 Å². The van der Waals surface area contributed by atoms with Crippen molar-refractivity contribution < 1.29 is 18.0 Å². The summed E-state index contributed by atoms with van der Waals surface area (Å²) in [6.07, 6.45) is 5.08. The van der Waals surface area contributed by atoms with E-state index in [-0.39, 0.29) is 17.4 Å². The summed E-state index contributed by atoms with van der Waals surface area (Å²) in [5.74, 6) is 0.0135. The first-order valence-corrected chi connectivity index (χ1v) is 12.3. The van der Waals surface area contributed by atoms with Crippen molar-refractivity contribution in [3.8, 4) is 0 Å². The van der Waals surface area contributed by atoms with Crippen molar-refractivity contribution in [1.29, 1.82) is 0 Å². The summed E-state index contributed by atoms with van der Waals surface area (Å²) in [5, 5.41) is 3.26. The largest absolute Gasteiger partial charge is 0.355 e. The van der Waals surface area contributed by atoms with Crippen LogP contribution in [0.1, 0.15) is 38.5 Å². The number of carbonyl (C=O) groups is 2. The van der Waals surface area contributed by atoms with Crippen molar-refractivity contribution in [2.24, 2.45) is 5.92 Å². The molecule has 0 radical (unpaired) electrons. The molecular formula is C23H27ClN2O4S. The summed E-state index contributed by atoms with van der Waals surface area (Å²) in [4.78, 5) is 24.6. The van der Waals surface area contributed by atoms with Crippen LogP contribution in [0.4, 0.5) is 5.69 Å². The molecule has 0 heterocycles.